The molecule has 2 aliphatic rings. The molecule has 2 nitrogen and oxygen atoms in total. The minimum atomic E-state index is 0.611. The second-order valence-corrected chi connectivity index (χ2v) is 2.61. The van der Waals surface area contributed by atoms with Crippen molar-refractivity contribution >= 4 is 0 Å². The van der Waals surface area contributed by atoms with Crippen LogP contribution < -0.4 is 5.48 Å². The lowest BCUT2D eigenvalue weighted by Crippen LogP contribution is -2.07. The van der Waals surface area contributed by atoms with Crippen molar-refractivity contribution in [2.24, 2.45) is 5.41 Å². The molecule has 7 heavy (non-hydrogen) atoms. The molecule has 1 aliphatic heterocycles. The van der Waals surface area contributed by atoms with Crippen molar-refractivity contribution in [2.45, 2.75) is 12.8 Å². The molecule has 2 rings (SSSR count). The van der Waals surface area contributed by atoms with Crippen molar-refractivity contribution in [1.29, 1.82) is 0 Å². The van der Waals surface area contributed by atoms with Gasteiger partial charge in [-0.05, 0) is 12.8 Å². The fourth-order valence-electron chi connectivity index (χ4n) is 0.957. The average molecular weight is 99.1 g/mol. The smallest absolute Gasteiger partial charge is 0.0751 e. The Labute approximate surface area is 42.8 Å². The van der Waals surface area contributed by atoms with Gasteiger partial charge in [0.15, 0.2) is 0 Å². The van der Waals surface area contributed by atoms with Gasteiger partial charge >= 0.3 is 0 Å². The zero-order valence-electron chi connectivity index (χ0n) is 4.24. The molecule has 0 radical (unpaired) electrons. The largest absolute Gasteiger partial charge is 0.301 e. The normalized spacial score (nSPS) is 34.3. The van der Waals surface area contributed by atoms with Gasteiger partial charge in [0.25, 0.3) is 0 Å². The van der Waals surface area contributed by atoms with Gasteiger partial charge in [-0.25, -0.2) is 5.48 Å². The van der Waals surface area contributed by atoms with E-state index < -0.39 is 0 Å². The monoisotopic (exact) mass is 99.1 g/mol. The summed E-state index contributed by atoms with van der Waals surface area (Å²) in [5.74, 6) is 0. The third-order valence-corrected chi connectivity index (χ3v) is 1.88. The van der Waals surface area contributed by atoms with Crippen LogP contribution in [0, 0.1) is 5.41 Å². The van der Waals surface area contributed by atoms with Crippen LogP contribution in [0.15, 0.2) is 0 Å². The standard InChI is InChI=1S/C5H9NO/c1-2-5(1)3-6-7-4-5/h6H,1-4H2. The molecule has 1 heterocycles. The van der Waals surface area contributed by atoms with Gasteiger partial charge in [-0.15, -0.1) is 0 Å². The number of hydroxylamine groups is 1. The van der Waals surface area contributed by atoms with Crippen LogP contribution in [0.4, 0.5) is 0 Å². The highest BCUT2D eigenvalue weighted by Crippen LogP contribution is 2.46. The Hall–Kier alpha value is -0.0800. The Kier molecular flexibility index (Phi) is 0.557. The molecular formula is C5H9NO. The Bertz CT molecular complexity index is 80.1. The first-order valence-electron chi connectivity index (χ1n) is 2.76. The molecule has 0 unspecified atom stereocenters. The first kappa shape index (κ1) is 3.87. The van der Waals surface area contributed by atoms with Crippen LogP contribution in [-0.2, 0) is 4.84 Å². The third-order valence-electron chi connectivity index (χ3n) is 1.88. The second-order valence-electron chi connectivity index (χ2n) is 2.61. The maximum absolute atomic E-state index is 4.97. The lowest BCUT2D eigenvalue weighted by molar-refractivity contribution is 0.0954. The van der Waals surface area contributed by atoms with E-state index >= 15 is 0 Å². The topological polar surface area (TPSA) is 21.3 Å². The molecular weight excluding hydrogens is 90.1 g/mol. The van der Waals surface area contributed by atoms with Gasteiger partial charge in [-0.3, -0.25) is 0 Å². The van der Waals surface area contributed by atoms with Crippen molar-refractivity contribution in [2.75, 3.05) is 13.2 Å². The summed E-state index contributed by atoms with van der Waals surface area (Å²) >= 11 is 0. The molecule has 1 aliphatic carbocycles. The summed E-state index contributed by atoms with van der Waals surface area (Å²) in [7, 11) is 0. The van der Waals surface area contributed by atoms with E-state index in [1.807, 2.05) is 0 Å². The molecule has 2 heteroatoms. The van der Waals surface area contributed by atoms with E-state index in [9.17, 15) is 0 Å². The summed E-state index contributed by atoms with van der Waals surface area (Å²) in [6.45, 7) is 2.04. The molecule has 1 saturated heterocycles. The Morgan fingerprint density at radius 2 is 2.29 bits per heavy atom. The quantitative estimate of drug-likeness (QED) is 0.471. The van der Waals surface area contributed by atoms with Crippen LogP contribution in [-0.4, -0.2) is 13.2 Å². The number of nitrogens with one attached hydrogen (secondary N) is 1. The molecule has 1 saturated carbocycles. The SMILES string of the molecule is C1CC12CNOC2. The van der Waals surface area contributed by atoms with Gasteiger partial charge in [0.05, 0.1) is 6.61 Å². The van der Waals surface area contributed by atoms with Crippen LogP contribution in [0.5, 0.6) is 0 Å². The van der Waals surface area contributed by atoms with E-state index in [1.165, 1.54) is 12.8 Å². The first-order valence-corrected chi connectivity index (χ1v) is 2.76. The highest BCUT2D eigenvalue weighted by Gasteiger charge is 2.45. The molecule has 2 fully saturated rings. The van der Waals surface area contributed by atoms with Gasteiger partial charge in [0, 0.05) is 12.0 Å². The lowest BCUT2D eigenvalue weighted by Gasteiger charge is -1.93. The summed E-state index contributed by atoms with van der Waals surface area (Å²) in [5.41, 5.74) is 3.49. The zero-order chi connectivity index (χ0) is 4.74. The van der Waals surface area contributed by atoms with Crippen molar-refractivity contribution < 1.29 is 4.84 Å². The molecule has 0 amide bonds. The predicted molar refractivity (Wildman–Crippen MR) is 25.6 cm³/mol. The van der Waals surface area contributed by atoms with Gasteiger partial charge < -0.3 is 4.84 Å². The number of hydrogen-bond acceptors (Lipinski definition) is 2. The number of rotatable bonds is 0. The molecule has 0 aromatic carbocycles. The van der Waals surface area contributed by atoms with E-state index in [2.05, 4.69) is 5.48 Å². The highest BCUT2D eigenvalue weighted by atomic mass is 16.7. The Balaban J connectivity index is 2.07. The van der Waals surface area contributed by atoms with Crippen molar-refractivity contribution in [3.63, 3.8) is 0 Å². The lowest BCUT2D eigenvalue weighted by atomic mass is 10.1. The van der Waals surface area contributed by atoms with Crippen LogP contribution in [0.3, 0.4) is 0 Å². The average Bonchev–Trinajstić information content (AvgIpc) is 2.15. The summed E-state index contributed by atoms with van der Waals surface area (Å²) in [6.07, 6.45) is 2.75. The maximum Gasteiger partial charge on any atom is 0.0751 e. The molecule has 40 valence electrons. The first-order chi connectivity index (χ1) is 3.41. The molecule has 0 aromatic heterocycles. The molecule has 1 spiro atoms. The fourth-order valence-corrected chi connectivity index (χ4v) is 0.957. The van der Waals surface area contributed by atoms with Gasteiger partial charge in [-0.1, -0.05) is 0 Å². The van der Waals surface area contributed by atoms with Crippen molar-refractivity contribution in [3.8, 4) is 0 Å². The summed E-state index contributed by atoms with van der Waals surface area (Å²) < 4.78 is 0. The molecule has 0 atom stereocenters. The van der Waals surface area contributed by atoms with Crippen LogP contribution in [0.1, 0.15) is 12.8 Å². The molecule has 0 aromatic rings. The maximum atomic E-state index is 4.97. The Morgan fingerprint density at radius 1 is 1.43 bits per heavy atom. The van der Waals surface area contributed by atoms with Gasteiger partial charge in [0.2, 0.25) is 0 Å². The van der Waals surface area contributed by atoms with E-state index in [0.717, 1.165) is 13.2 Å². The third kappa shape index (κ3) is 0.469. The highest BCUT2D eigenvalue weighted by molar-refractivity contribution is 4.96. The second kappa shape index (κ2) is 1.01. The van der Waals surface area contributed by atoms with Gasteiger partial charge in [0.1, 0.15) is 0 Å². The van der Waals surface area contributed by atoms with E-state index in [-0.39, 0.29) is 0 Å². The van der Waals surface area contributed by atoms with E-state index in [1.54, 1.807) is 0 Å². The summed E-state index contributed by atoms with van der Waals surface area (Å²) in [5, 5.41) is 0. The van der Waals surface area contributed by atoms with Crippen LogP contribution >= 0.6 is 0 Å². The minimum absolute atomic E-state index is 0.611. The minimum Gasteiger partial charge on any atom is -0.301 e. The fraction of sp³-hybridized carbons (Fsp3) is 1.00. The van der Waals surface area contributed by atoms with Crippen LogP contribution in [0.2, 0.25) is 0 Å². The predicted octanol–water partition coefficient (Wildman–Crippen LogP) is 0.301. The van der Waals surface area contributed by atoms with Crippen LogP contribution in [0.25, 0.3) is 0 Å². The van der Waals surface area contributed by atoms with E-state index in [0.29, 0.717) is 5.41 Å². The zero-order valence-corrected chi connectivity index (χ0v) is 4.24. The molecule has 0 bridgehead atoms. The van der Waals surface area contributed by atoms with Crippen molar-refractivity contribution in [3.05, 3.63) is 0 Å². The summed E-state index contributed by atoms with van der Waals surface area (Å²) in [6, 6.07) is 0. The summed E-state index contributed by atoms with van der Waals surface area (Å²) in [4.78, 5) is 4.97. The van der Waals surface area contributed by atoms with Gasteiger partial charge in [-0.2, -0.15) is 0 Å². The number of hydrogen-bond donors (Lipinski definition) is 1. The van der Waals surface area contributed by atoms with E-state index in [4.69, 9.17) is 4.84 Å². The molecule has 1 N–H and O–H groups in total. The van der Waals surface area contributed by atoms with Crippen molar-refractivity contribution in [1.82, 2.24) is 5.48 Å². The Morgan fingerprint density at radius 3 is 2.57 bits per heavy atom.